The SMILES string of the molecule is CC1(C)CC(=O)Nc2cc(NC(=O)O)ccc21. The summed E-state index contributed by atoms with van der Waals surface area (Å²) in [4.78, 5) is 22.1. The first-order valence-electron chi connectivity index (χ1n) is 5.33. The lowest BCUT2D eigenvalue weighted by Crippen LogP contribution is -2.32. The Morgan fingerprint density at radius 3 is 2.82 bits per heavy atom. The Kier molecular flexibility index (Phi) is 2.53. The van der Waals surface area contributed by atoms with Crippen molar-refractivity contribution in [1.29, 1.82) is 0 Å². The third-order valence-corrected chi connectivity index (χ3v) is 2.88. The number of carboxylic acid groups (broad SMARTS) is 1. The van der Waals surface area contributed by atoms with Crippen molar-refractivity contribution < 1.29 is 14.7 Å². The van der Waals surface area contributed by atoms with Gasteiger partial charge in [0.1, 0.15) is 0 Å². The minimum Gasteiger partial charge on any atom is -0.465 e. The molecule has 0 unspecified atom stereocenters. The minimum atomic E-state index is -1.12. The highest BCUT2D eigenvalue weighted by Gasteiger charge is 2.31. The van der Waals surface area contributed by atoms with Crippen LogP contribution in [0.15, 0.2) is 18.2 Å². The van der Waals surface area contributed by atoms with Gasteiger partial charge in [0.15, 0.2) is 0 Å². The summed E-state index contributed by atoms with van der Waals surface area (Å²) >= 11 is 0. The highest BCUT2D eigenvalue weighted by Crippen LogP contribution is 2.38. The molecule has 1 aromatic carbocycles. The van der Waals surface area contributed by atoms with Gasteiger partial charge in [-0.25, -0.2) is 4.79 Å². The van der Waals surface area contributed by atoms with Crippen molar-refractivity contribution in [2.75, 3.05) is 10.6 Å². The molecule has 0 aliphatic carbocycles. The van der Waals surface area contributed by atoms with Crippen LogP contribution in [0.1, 0.15) is 25.8 Å². The number of carbonyl (C=O) groups is 2. The summed E-state index contributed by atoms with van der Waals surface area (Å²) in [5.74, 6) is -0.0463. The highest BCUT2D eigenvalue weighted by atomic mass is 16.4. The van der Waals surface area contributed by atoms with Crippen molar-refractivity contribution in [3.8, 4) is 0 Å². The number of fused-ring (bicyclic) bond motifs is 1. The molecule has 5 heteroatoms. The van der Waals surface area contributed by atoms with Crippen molar-refractivity contribution >= 4 is 23.4 Å². The van der Waals surface area contributed by atoms with Gasteiger partial charge in [0.2, 0.25) is 5.91 Å². The summed E-state index contributed by atoms with van der Waals surface area (Å²) in [6, 6.07) is 5.19. The predicted octanol–water partition coefficient (Wildman–Crippen LogP) is 2.40. The van der Waals surface area contributed by atoms with Crippen LogP contribution in [0.3, 0.4) is 0 Å². The molecule has 90 valence electrons. The van der Waals surface area contributed by atoms with Gasteiger partial charge in [-0.1, -0.05) is 19.9 Å². The molecular formula is C12H14N2O3. The Labute approximate surface area is 98.8 Å². The van der Waals surface area contributed by atoms with Crippen LogP contribution in [0, 0.1) is 0 Å². The first kappa shape index (κ1) is 11.4. The molecule has 1 heterocycles. The lowest BCUT2D eigenvalue weighted by Gasteiger charge is -2.32. The highest BCUT2D eigenvalue weighted by molar-refractivity contribution is 5.96. The summed E-state index contributed by atoms with van der Waals surface area (Å²) in [6.07, 6.45) is -0.683. The smallest absolute Gasteiger partial charge is 0.409 e. The Morgan fingerprint density at radius 2 is 2.18 bits per heavy atom. The van der Waals surface area contributed by atoms with Crippen molar-refractivity contribution in [2.45, 2.75) is 25.7 Å². The van der Waals surface area contributed by atoms with E-state index in [1.54, 1.807) is 12.1 Å². The first-order chi connectivity index (χ1) is 7.88. The van der Waals surface area contributed by atoms with Gasteiger partial charge in [-0.3, -0.25) is 10.1 Å². The summed E-state index contributed by atoms with van der Waals surface area (Å²) in [5, 5.41) is 13.6. The van der Waals surface area contributed by atoms with Gasteiger partial charge in [0, 0.05) is 23.2 Å². The van der Waals surface area contributed by atoms with Crippen molar-refractivity contribution in [3.05, 3.63) is 23.8 Å². The van der Waals surface area contributed by atoms with E-state index >= 15 is 0 Å². The van der Waals surface area contributed by atoms with Crippen LogP contribution in [0.2, 0.25) is 0 Å². The lowest BCUT2D eigenvalue weighted by molar-refractivity contribution is -0.117. The van der Waals surface area contributed by atoms with E-state index in [0.717, 1.165) is 5.56 Å². The maximum Gasteiger partial charge on any atom is 0.409 e. The van der Waals surface area contributed by atoms with E-state index in [-0.39, 0.29) is 11.3 Å². The van der Waals surface area contributed by atoms with Gasteiger partial charge in [0.25, 0.3) is 0 Å². The zero-order valence-electron chi connectivity index (χ0n) is 9.70. The van der Waals surface area contributed by atoms with E-state index in [9.17, 15) is 9.59 Å². The average molecular weight is 234 g/mol. The van der Waals surface area contributed by atoms with Gasteiger partial charge in [-0.05, 0) is 17.7 Å². The Bertz CT molecular complexity index is 495. The van der Waals surface area contributed by atoms with Gasteiger partial charge in [-0.2, -0.15) is 0 Å². The van der Waals surface area contributed by atoms with E-state index in [1.807, 2.05) is 19.9 Å². The zero-order chi connectivity index (χ0) is 12.6. The third kappa shape index (κ3) is 2.22. The molecule has 17 heavy (non-hydrogen) atoms. The number of amides is 2. The van der Waals surface area contributed by atoms with Gasteiger partial charge >= 0.3 is 6.09 Å². The maximum atomic E-state index is 11.5. The molecule has 0 radical (unpaired) electrons. The molecule has 0 bridgehead atoms. The largest absolute Gasteiger partial charge is 0.465 e. The molecule has 0 saturated carbocycles. The number of nitrogens with one attached hydrogen (secondary N) is 2. The molecule has 2 amide bonds. The van der Waals surface area contributed by atoms with Crippen LogP contribution in [-0.2, 0) is 10.2 Å². The van der Waals surface area contributed by atoms with Crippen LogP contribution < -0.4 is 10.6 Å². The summed E-state index contributed by atoms with van der Waals surface area (Å²) in [5.41, 5.74) is 1.93. The van der Waals surface area contributed by atoms with Crippen LogP contribution in [-0.4, -0.2) is 17.1 Å². The molecule has 5 nitrogen and oxygen atoms in total. The van der Waals surface area contributed by atoms with Crippen LogP contribution in [0.4, 0.5) is 16.2 Å². The Balaban J connectivity index is 2.42. The zero-order valence-corrected chi connectivity index (χ0v) is 9.70. The number of hydrogen-bond donors (Lipinski definition) is 3. The first-order valence-corrected chi connectivity index (χ1v) is 5.33. The second-order valence-electron chi connectivity index (χ2n) is 4.80. The molecule has 0 saturated heterocycles. The number of hydrogen-bond acceptors (Lipinski definition) is 2. The van der Waals surface area contributed by atoms with Crippen LogP contribution >= 0.6 is 0 Å². The maximum absolute atomic E-state index is 11.5. The van der Waals surface area contributed by atoms with Gasteiger partial charge in [0.05, 0.1) is 0 Å². The Morgan fingerprint density at radius 1 is 1.47 bits per heavy atom. The molecule has 3 N–H and O–H groups in total. The quantitative estimate of drug-likeness (QED) is 0.698. The van der Waals surface area contributed by atoms with E-state index in [2.05, 4.69) is 10.6 Å². The lowest BCUT2D eigenvalue weighted by atomic mass is 9.78. The molecule has 1 aromatic rings. The topological polar surface area (TPSA) is 78.4 Å². The van der Waals surface area contributed by atoms with Gasteiger partial charge in [-0.15, -0.1) is 0 Å². The van der Waals surface area contributed by atoms with Crippen molar-refractivity contribution in [3.63, 3.8) is 0 Å². The summed E-state index contributed by atoms with van der Waals surface area (Å²) in [7, 11) is 0. The van der Waals surface area contributed by atoms with Gasteiger partial charge < -0.3 is 10.4 Å². The third-order valence-electron chi connectivity index (χ3n) is 2.88. The van der Waals surface area contributed by atoms with E-state index in [0.29, 0.717) is 17.8 Å². The molecule has 0 spiro atoms. The monoisotopic (exact) mass is 234 g/mol. The molecular weight excluding hydrogens is 220 g/mol. The standard InChI is InChI=1S/C12H14N2O3/c1-12(2)6-10(15)14-9-5-7(13-11(16)17)3-4-8(9)12/h3-5,13H,6H2,1-2H3,(H,14,15)(H,16,17). The number of rotatable bonds is 1. The Hall–Kier alpha value is -2.04. The minimum absolute atomic E-state index is 0.0463. The number of anilines is 2. The van der Waals surface area contributed by atoms with Crippen molar-refractivity contribution in [1.82, 2.24) is 0 Å². The summed E-state index contributed by atoms with van der Waals surface area (Å²) < 4.78 is 0. The number of benzene rings is 1. The predicted molar refractivity (Wildman–Crippen MR) is 64.4 cm³/mol. The van der Waals surface area contributed by atoms with Crippen LogP contribution in [0.5, 0.6) is 0 Å². The normalized spacial score (nSPS) is 16.9. The second-order valence-corrected chi connectivity index (χ2v) is 4.80. The van der Waals surface area contributed by atoms with Crippen molar-refractivity contribution in [2.24, 2.45) is 0 Å². The van der Waals surface area contributed by atoms with E-state index < -0.39 is 6.09 Å². The molecule has 0 atom stereocenters. The molecule has 0 aromatic heterocycles. The molecule has 1 aliphatic heterocycles. The molecule has 2 rings (SSSR count). The second kappa shape index (κ2) is 3.76. The summed E-state index contributed by atoms with van der Waals surface area (Å²) in [6.45, 7) is 3.99. The number of carbonyl (C=O) groups excluding carboxylic acids is 1. The fourth-order valence-corrected chi connectivity index (χ4v) is 2.13. The fraction of sp³-hybridized carbons (Fsp3) is 0.333. The average Bonchev–Trinajstić information content (AvgIpc) is 2.13. The molecule has 1 aliphatic rings. The van der Waals surface area contributed by atoms with E-state index in [1.165, 1.54) is 0 Å². The van der Waals surface area contributed by atoms with E-state index in [4.69, 9.17) is 5.11 Å². The van der Waals surface area contributed by atoms with Crippen LogP contribution in [0.25, 0.3) is 0 Å². The molecule has 0 fully saturated rings. The fourth-order valence-electron chi connectivity index (χ4n) is 2.13.